The van der Waals surface area contributed by atoms with Crippen LogP contribution in [-0.2, 0) is 11.2 Å². The van der Waals surface area contributed by atoms with Crippen LogP contribution in [0.5, 0.6) is 0 Å². The van der Waals surface area contributed by atoms with Gasteiger partial charge in [0.05, 0.1) is 11.8 Å². The first-order valence-corrected chi connectivity index (χ1v) is 7.93. The Morgan fingerprint density at radius 2 is 2.12 bits per heavy atom. The second kappa shape index (κ2) is 7.71. The van der Waals surface area contributed by atoms with Gasteiger partial charge >= 0.3 is 18.2 Å². The molecule has 2 amide bonds. The molecule has 0 aromatic carbocycles. The molecule has 0 radical (unpaired) electrons. The lowest BCUT2D eigenvalue weighted by Crippen LogP contribution is -2.40. The zero-order valence-corrected chi connectivity index (χ0v) is 13.7. The van der Waals surface area contributed by atoms with Crippen LogP contribution in [-0.4, -0.2) is 52.8 Å². The summed E-state index contributed by atoms with van der Waals surface area (Å²) in [7, 11) is 0. The van der Waals surface area contributed by atoms with Gasteiger partial charge in [-0.05, 0) is 31.4 Å². The Labute approximate surface area is 143 Å². The van der Waals surface area contributed by atoms with E-state index in [-0.39, 0.29) is 6.54 Å². The van der Waals surface area contributed by atoms with Crippen molar-refractivity contribution in [3.8, 4) is 0 Å². The Bertz CT molecular complexity index is 637. The van der Waals surface area contributed by atoms with Crippen molar-refractivity contribution in [1.29, 1.82) is 0 Å². The number of carboxylic acids is 1. The first kappa shape index (κ1) is 19.0. The minimum Gasteiger partial charge on any atom is -0.481 e. The number of carbonyl (C=O) groups is 2. The number of aryl methyl sites for hydroxylation is 2. The Kier molecular flexibility index (Phi) is 5.86. The van der Waals surface area contributed by atoms with Crippen molar-refractivity contribution in [1.82, 2.24) is 15.2 Å². The predicted molar refractivity (Wildman–Crippen MR) is 82.9 cm³/mol. The molecule has 0 aliphatic carbocycles. The number of hydrogen-bond acceptors (Lipinski definition) is 3. The van der Waals surface area contributed by atoms with E-state index in [4.69, 9.17) is 5.11 Å². The highest BCUT2D eigenvalue weighted by Crippen LogP contribution is 2.37. The fraction of sp³-hybridized carbons (Fsp3) is 0.562. The Hall–Kier alpha value is -2.32. The van der Waals surface area contributed by atoms with Gasteiger partial charge in [0.25, 0.3) is 0 Å². The number of urea groups is 1. The highest BCUT2D eigenvalue weighted by Gasteiger charge is 2.53. The third kappa shape index (κ3) is 4.83. The Balaban J connectivity index is 1.83. The number of carboxylic acid groups (broad SMARTS) is 1. The van der Waals surface area contributed by atoms with Crippen molar-refractivity contribution in [3.63, 3.8) is 0 Å². The van der Waals surface area contributed by atoms with Crippen molar-refractivity contribution in [3.05, 3.63) is 29.6 Å². The molecule has 1 aliphatic rings. The molecule has 2 atom stereocenters. The summed E-state index contributed by atoms with van der Waals surface area (Å²) in [5, 5.41) is 11.5. The number of halogens is 3. The van der Waals surface area contributed by atoms with Crippen LogP contribution >= 0.6 is 0 Å². The summed E-state index contributed by atoms with van der Waals surface area (Å²) in [6.45, 7) is 1.13. The third-order valence-corrected chi connectivity index (χ3v) is 4.33. The fourth-order valence-electron chi connectivity index (χ4n) is 2.89. The van der Waals surface area contributed by atoms with Gasteiger partial charge < -0.3 is 15.3 Å². The summed E-state index contributed by atoms with van der Waals surface area (Å²) in [5.41, 5.74) is 1.94. The molecule has 25 heavy (non-hydrogen) atoms. The molecule has 0 bridgehead atoms. The zero-order chi connectivity index (χ0) is 18.6. The number of hydrogen-bond donors (Lipinski definition) is 2. The van der Waals surface area contributed by atoms with Crippen LogP contribution in [0.1, 0.15) is 17.7 Å². The second-order valence-corrected chi connectivity index (χ2v) is 6.10. The summed E-state index contributed by atoms with van der Waals surface area (Å²) >= 11 is 0. The molecular weight excluding hydrogens is 339 g/mol. The fourth-order valence-corrected chi connectivity index (χ4v) is 2.89. The predicted octanol–water partition coefficient (Wildman–Crippen LogP) is 2.23. The molecule has 1 aromatic heterocycles. The van der Waals surface area contributed by atoms with E-state index in [9.17, 15) is 22.8 Å². The topological polar surface area (TPSA) is 82.5 Å². The maximum absolute atomic E-state index is 12.9. The molecule has 2 N–H and O–H groups in total. The van der Waals surface area contributed by atoms with E-state index in [0.717, 1.165) is 16.2 Å². The van der Waals surface area contributed by atoms with Gasteiger partial charge in [0.1, 0.15) is 0 Å². The van der Waals surface area contributed by atoms with Gasteiger partial charge in [-0.1, -0.05) is 6.07 Å². The minimum absolute atomic E-state index is 0.278. The van der Waals surface area contributed by atoms with Crippen LogP contribution in [0.2, 0.25) is 0 Å². The number of aliphatic carboxylic acids is 1. The van der Waals surface area contributed by atoms with Crippen LogP contribution in [0, 0.1) is 18.8 Å². The number of nitrogens with zero attached hydrogens (tertiary/aromatic N) is 2. The second-order valence-electron chi connectivity index (χ2n) is 6.10. The van der Waals surface area contributed by atoms with Gasteiger partial charge in [-0.25, -0.2) is 4.79 Å². The average Bonchev–Trinajstić information content (AvgIpc) is 2.99. The first-order valence-electron chi connectivity index (χ1n) is 7.93. The van der Waals surface area contributed by atoms with Crippen molar-refractivity contribution < 1.29 is 27.9 Å². The van der Waals surface area contributed by atoms with Crippen LogP contribution in [0.4, 0.5) is 18.0 Å². The average molecular weight is 359 g/mol. The lowest BCUT2D eigenvalue weighted by atomic mass is 9.96. The number of aromatic nitrogens is 1. The van der Waals surface area contributed by atoms with Gasteiger partial charge in [0.2, 0.25) is 0 Å². The molecule has 0 saturated carbocycles. The number of carbonyl (C=O) groups excluding carboxylic acids is 1. The third-order valence-electron chi connectivity index (χ3n) is 4.33. The van der Waals surface area contributed by atoms with E-state index in [1.165, 1.54) is 0 Å². The monoisotopic (exact) mass is 359 g/mol. The quantitative estimate of drug-likeness (QED) is 0.790. The van der Waals surface area contributed by atoms with Gasteiger partial charge in [-0.2, -0.15) is 13.2 Å². The van der Waals surface area contributed by atoms with E-state index in [0.29, 0.717) is 12.8 Å². The summed E-state index contributed by atoms with van der Waals surface area (Å²) in [5.74, 6) is -5.20. The molecule has 138 valence electrons. The van der Waals surface area contributed by atoms with E-state index in [1.807, 2.05) is 19.1 Å². The first-order chi connectivity index (χ1) is 11.7. The number of amides is 2. The summed E-state index contributed by atoms with van der Waals surface area (Å²) < 4.78 is 38.7. The highest BCUT2D eigenvalue weighted by atomic mass is 19.4. The Morgan fingerprint density at radius 1 is 1.40 bits per heavy atom. The van der Waals surface area contributed by atoms with Gasteiger partial charge in [-0.15, -0.1) is 0 Å². The normalized spacial score (nSPS) is 20.6. The largest absolute Gasteiger partial charge is 0.481 e. The molecule has 0 unspecified atom stereocenters. The smallest absolute Gasteiger partial charge is 0.394 e. The van der Waals surface area contributed by atoms with Crippen molar-refractivity contribution in [2.75, 3.05) is 19.6 Å². The van der Waals surface area contributed by atoms with Crippen molar-refractivity contribution in [2.24, 2.45) is 11.8 Å². The SMILES string of the molecule is Cc1cccnc1CCCNC(=O)N1C[C@@H](C(F)(F)F)[C@H](C(=O)O)C1. The maximum Gasteiger partial charge on any atom is 0.394 e. The molecule has 2 heterocycles. The van der Waals surface area contributed by atoms with Crippen molar-refractivity contribution >= 4 is 12.0 Å². The molecule has 1 aromatic rings. The molecule has 0 spiro atoms. The van der Waals surface area contributed by atoms with Gasteiger partial charge in [-0.3, -0.25) is 9.78 Å². The van der Waals surface area contributed by atoms with E-state index < -0.39 is 43.1 Å². The van der Waals surface area contributed by atoms with Crippen LogP contribution < -0.4 is 5.32 Å². The molecule has 2 rings (SSSR count). The number of rotatable bonds is 5. The van der Waals surface area contributed by atoms with Crippen LogP contribution in [0.15, 0.2) is 18.3 Å². The van der Waals surface area contributed by atoms with E-state index in [1.54, 1.807) is 6.20 Å². The highest BCUT2D eigenvalue weighted by molar-refractivity contribution is 5.77. The van der Waals surface area contributed by atoms with Gasteiger partial charge in [0.15, 0.2) is 0 Å². The van der Waals surface area contributed by atoms with E-state index in [2.05, 4.69) is 10.3 Å². The van der Waals surface area contributed by atoms with Gasteiger partial charge in [0, 0.05) is 31.5 Å². The summed E-state index contributed by atoms with van der Waals surface area (Å²) in [4.78, 5) is 28.2. The maximum atomic E-state index is 12.9. The molecule has 6 nitrogen and oxygen atoms in total. The molecule has 9 heteroatoms. The summed E-state index contributed by atoms with van der Waals surface area (Å²) in [6.07, 6.45) is -1.75. The van der Waals surface area contributed by atoms with E-state index >= 15 is 0 Å². The minimum atomic E-state index is -4.64. The molecule has 1 saturated heterocycles. The molecular formula is C16H20F3N3O3. The number of alkyl halides is 3. The lowest BCUT2D eigenvalue weighted by Gasteiger charge is -2.18. The van der Waals surface area contributed by atoms with Crippen LogP contribution in [0.25, 0.3) is 0 Å². The summed E-state index contributed by atoms with van der Waals surface area (Å²) in [6, 6.07) is 3.08. The zero-order valence-electron chi connectivity index (χ0n) is 13.7. The molecule has 1 aliphatic heterocycles. The number of pyridine rings is 1. The Morgan fingerprint density at radius 3 is 2.68 bits per heavy atom. The molecule has 1 fully saturated rings. The standard InChI is InChI=1S/C16H20F3N3O3/c1-10-4-2-6-20-13(10)5-3-7-21-15(25)22-8-11(14(23)24)12(9-22)16(17,18)19/h2,4,6,11-12H,3,5,7-9H2,1H3,(H,21,25)(H,23,24)/t11-,12-/m1/s1. The van der Waals surface area contributed by atoms with Crippen LogP contribution in [0.3, 0.4) is 0 Å². The number of likely N-dealkylation sites (tertiary alicyclic amines) is 1. The lowest BCUT2D eigenvalue weighted by molar-refractivity contribution is -0.187. The number of nitrogens with one attached hydrogen (secondary N) is 1. The van der Waals surface area contributed by atoms with Crippen molar-refractivity contribution in [2.45, 2.75) is 25.9 Å².